The quantitative estimate of drug-likeness (QED) is 0.871. The van der Waals surface area contributed by atoms with Crippen LogP contribution in [-0.4, -0.2) is 12.7 Å². The summed E-state index contributed by atoms with van der Waals surface area (Å²) < 4.78 is 36.9. The van der Waals surface area contributed by atoms with Gasteiger partial charge in [-0.15, -0.1) is 11.3 Å². The lowest BCUT2D eigenvalue weighted by molar-refractivity contribution is -0.133. The van der Waals surface area contributed by atoms with Crippen LogP contribution in [-0.2, 0) is 6.42 Å². The first kappa shape index (κ1) is 13.2. The van der Waals surface area contributed by atoms with Crippen LogP contribution < -0.4 is 5.32 Å². The van der Waals surface area contributed by atoms with E-state index in [1.54, 1.807) is 0 Å². The Morgan fingerprint density at radius 1 is 1.47 bits per heavy atom. The van der Waals surface area contributed by atoms with Crippen molar-refractivity contribution < 1.29 is 13.2 Å². The number of thiophene rings is 1. The van der Waals surface area contributed by atoms with Crippen molar-refractivity contribution >= 4 is 22.9 Å². The van der Waals surface area contributed by atoms with Crippen molar-refractivity contribution in [2.45, 2.75) is 37.9 Å². The van der Waals surface area contributed by atoms with Crippen LogP contribution in [0.25, 0.3) is 0 Å². The molecule has 0 fully saturated rings. The lowest BCUT2D eigenvalue weighted by Crippen LogP contribution is -2.28. The van der Waals surface area contributed by atoms with E-state index in [0.29, 0.717) is 0 Å². The fourth-order valence-electron chi connectivity index (χ4n) is 2.12. The standard InChI is InChI=1S/C11H13ClF3NS/c12-10-6-7-8(2-1-3-9(7)17-10)16-5-4-11(13,14)15/h6,8,16H,1-5H2. The second-order valence-corrected chi connectivity index (χ2v) is 5.96. The molecule has 0 spiro atoms. The topological polar surface area (TPSA) is 12.0 Å². The predicted octanol–water partition coefficient (Wildman–Crippen LogP) is 4.32. The van der Waals surface area contributed by atoms with E-state index in [-0.39, 0.29) is 12.6 Å². The van der Waals surface area contributed by atoms with Gasteiger partial charge in [0.15, 0.2) is 0 Å². The van der Waals surface area contributed by atoms with Crippen LogP contribution in [0.2, 0.25) is 4.34 Å². The Bertz CT molecular complexity index is 389. The first-order valence-corrected chi connectivity index (χ1v) is 6.73. The third-order valence-corrected chi connectivity index (χ3v) is 4.22. The van der Waals surface area contributed by atoms with Crippen molar-refractivity contribution in [2.24, 2.45) is 0 Å². The summed E-state index contributed by atoms with van der Waals surface area (Å²) >= 11 is 7.47. The second kappa shape index (κ2) is 5.16. The molecule has 96 valence electrons. The zero-order valence-electron chi connectivity index (χ0n) is 9.11. The minimum Gasteiger partial charge on any atom is -0.310 e. The number of hydrogen-bond donors (Lipinski definition) is 1. The van der Waals surface area contributed by atoms with Crippen LogP contribution in [0.15, 0.2) is 6.07 Å². The molecule has 1 nitrogen and oxygen atoms in total. The second-order valence-electron chi connectivity index (χ2n) is 4.19. The molecule has 0 amide bonds. The van der Waals surface area contributed by atoms with Gasteiger partial charge < -0.3 is 5.32 Å². The first-order valence-electron chi connectivity index (χ1n) is 5.54. The Labute approximate surface area is 107 Å². The molecule has 1 aromatic heterocycles. The van der Waals surface area contributed by atoms with Gasteiger partial charge in [0.2, 0.25) is 0 Å². The summed E-state index contributed by atoms with van der Waals surface area (Å²) in [6, 6.07) is 1.91. The molecule has 1 aliphatic rings. The van der Waals surface area contributed by atoms with E-state index in [1.165, 1.54) is 16.2 Å². The van der Waals surface area contributed by atoms with Gasteiger partial charge in [0, 0.05) is 17.5 Å². The molecule has 1 atom stereocenters. The van der Waals surface area contributed by atoms with Crippen molar-refractivity contribution in [1.82, 2.24) is 5.32 Å². The number of rotatable bonds is 3. The molecule has 2 rings (SSSR count). The Kier molecular flexibility index (Phi) is 4.00. The number of hydrogen-bond acceptors (Lipinski definition) is 2. The van der Waals surface area contributed by atoms with Crippen LogP contribution in [0.3, 0.4) is 0 Å². The number of alkyl halides is 3. The number of fused-ring (bicyclic) bond motifs is 1. The van der Waals surface area contributed by atoms with Crippen LogP contribution >= 0.6 is 22.9 Å². The van der Waals surface area contributed by atoms with Crippen LogP contribution in [0.4, 0.5) is 13.2 Å². The largest absolute Gasteiger partial charge is 0.390 e. The maximum atomic E-state index is 12.1. The molecule has 0 aliphatic heterocycles. The van der Waals surface area contributed by atoms with Crippen molar-refractivity contribution in [3.05, 3.63) is 20.8 Å². The van der Waals surface area contributed by atoms with Gasteiger partial charge in [-0.05, 0) is 30.9 Å². The summed E-state index contributed by atoms with van der Waals surface area (Å²) in [6.07, 6.45) is -1.98. The molecule has 6 heteroatoms. The third-order valence-electron chi connectivity index (χ3n) is 2.88. The van der Waals surface area contributed by atoms with Crippen LogP contribution in [0.1, 0.15) is 35.7 Å². The minimum atomic E-state index is -4.09. The molecule has 1 N–H and O–H groups in total. The maximum Gasteiger partial charge on any atom is 0.390 e. The molecular formula is C11H13ClF3NS. The molecule has 0 aromatic carbocycles. The number of aryl methyl sites for hydroxylation is 1. The summed E-state index contributed by atoms with van der Waals surface area (Å²) in [5.41, 5.74) is 1.09. The van der Waals surface area contributed by atoms with Crippen molar-refractivity contribution in [2.75, 3.05) is 6.54 Å². The summed E-state index contributed by atoms with van der Waals surface area (Å²) in [5, 5.41) is 2.98. The Balaban J connectivity index is 1.94. The molecule has 0 saturated carbocycles. The highest BCUT2D eigenvalue weighted by Crippen LogP contribution is 2.37. The van der Waals surface area contributed by atoms with E-state index >= 15 is 0 Å². The van der Waals surface area contributed by atoms with Gasteiger partial charge in [0.05, 0.1) is 10.8 Å². The highest BCUT2D eigenvalue weighted by molar-refractivity contribution is 7.16. The summed E-state index contributed by atoms with van der Waals surface area (Å²) in [4.78, 5) is 1.21. The number of nitrogens with one attached hydrogen (secondary N) is 1. The lowest BCUT2D eigenvalue weighted by Gasteiger charge is -2.23. The SMILES string of the molecule is FC(F)(F)CCNC1CCCc2sc(Cl)cc21. The van der Waals surface area contributed by atoms with E-state index in [1.807, 2.05) is 6.07 Å². The molecule has 17 heavy (non-hydrogen) atoms. The Morgan fingerprint density at radius 2 is 2.24 bits per heavy atom. The van der Waals surface area contributed by atoms with Gasteiger partial charge in [-0.25, -0.2) is 0 Å². The van der Waals surface area contributed by atoms with Crippen molar-refractivity contribution in [1.29, 1.82) is 0 Å². The minimum absolute atomic E-state index is 0.0267. The predicted molar refractivity (Wildman–Crippen MR) is 63.7 cm³/mol. The van der Waals surface area contributed by atoms with E-state index < -0.39 is 12.6 Å². The smallest absolute Gasteiger partial charge is 0.310 e. The summed E-state index contributed by atoms with van der Waals surface area (Å²) in [7, 11) is 0. The highest BCUT2D eigenvalue weighted by Gasteiger charge is 2.28. The number of halogens is 4. The highest BCUT2D eigenvalue weighted by atomic mass is 35.5. The fraction of sp³-hybridized carbons (Fsp3) is 0.636. The van der Waals surface area contributed by atoms with E-state index in [2.05, 4.69) is 5.32 Å². The van der Waals surface area contributed by atoms with Gasteiger partial charge in [0.25, 0.3) is 0 Å². The normalized spacial score (nSPS) is 20.4. The average Bonchev–Trinajstić information content (AvgIpc) is 2.57. The molecule has 1 heterocycles. The summed E-state index contributed by atoms with van der Waals surface area (Å²) in [5.74, 6) is 0. The zero-order chi connectivity index (χ0) is 12.5. The summed E-state index contributed by atoms with van der Waals surface area (Å²) in [6.45, 7) is -0.0267. The maximum absolute atomic E-state index is 12.1. The van der Waals surface area contributed by atoms with Gasteiger partial charge in [-0.3, -0.25) is 0 Å². The third kappa shape index (κ3) is 3.60. The first-order chi connectivity index (χ1) is 7.96. The van der Waals surface area contributed by atoms with Gasteiger partial charge in [-0.2, -0.15) is 13.2 Å². The van der Waals surface area contributed by atoms with Gasteiger partial charge in [0.1, 0.15) is 0 Å². The molecule has 1 unspecified atom stereocenters. The Morgan fingerprint density at radius 3 is 2.94 bits per heavy atom. The van der Waals surface area contributed by atoms with Gasteiger partial charge in [-0.1, -0.05) is 11.6 Å². The lowest BCUT2D eigenvalue weighted by atomic mass is 9.94. The molecular weight excluding hydrogens is 271 g/mol. The average molecular weight is 284 g/mol. The van der Waals surface area contributed by atoms with Crippen LogP contribution in [0, 0.1) is 0 Å². The van der Waals surface area contributed by atoms with E-state index in [4.69, 9.17) is 11.6 Å². The molecule has 0 bridgehead atoms. The van der Waals surface area contributed by atoms with E-state index in [0.717, 1.165) is 29.2 Å². The van der Waals surface area contributed by atoms with Crippen molar-refractivity contribution in [3.63, 3.8) is 0 Å². The molecule has 0 saturated heterocycles. The monoisotopic (exact) mass is 283 g/mol. The molecule has 0 radical (unpaired) electrons. The van der Waals surface area contributed by atoms with Crippen molar-refractivity contribution in [3.8, 4) is 0 Å². The fourth-order valence-corrected chi connectivity index (χ4v) is 3.51. The van der Waals surface area contributed by atoms with Crippen LogP contribution in [0.5, 0.6) is 0 Å². The van der Waals surface area contributed by atoms with Gasteiger partial charge >= 0.3 is 6.18 Å². The molecule has 1 aliphatic carbocycles. The molecule has 1 aromatic rings. The zero-order valence-corrected chi connectivity index (χ0v) is 10.7. The Hall–Kier alpha value is -0.260. The van der Waals surface area contributed by atoms with E-state index in [9.17, 15) is 13.2 Å².